The Hall–Kier alpha value is -3.02. The highest BCUT2D eigenvalue weighted by molar-refractivity contribution is 5.67. The van der Waals surface area contributed by atoms with Crippen LogP contribution in [-0.4, -0.2) is 57.6 Å². The molecule has 12 nitrogen and oxygen atoms in total. The summed E-state index contributed by atoms with van der Waals surface area (Å²) in [5, 5.41) is 3.81. The summed E-state index contributed by atoms with van der Waals surface area (Å²) >= 11 is 0. The minimum atomic E-state index is -1.26. The van der Waals surface area contributed by atoms with Crippen LogP contribution >= 0.6 is 0 Å². The quantitative estimate of drug-likeness (QED) is 0.476. The third-order valence-electron chi connectivity index (χ3n) is 3.32. The van der Waals surface area contributed by atoms with Crippen molar-refractivity contribution in [1.82, 2.24) is 14.8 Å². The van der Waals surface area contributed by atoms with Crippen molar-refractivity contribution in [3.8, 4) is 0 Å². The van der Waals surface area contributed by atoms with Crippen molar-refractivity contribution >= 4 is 23.7 Å². The molecule has 2 heterocycles. The lowest BCUT2D eigenvalue weighted by molar-refractivity contribution is -0.166. The summed E-state index contributed by atoms with van der Waals surface area (Å²) < 4.78 is 21.7. The molecule has 0 aromatic carbocycles. The molecule has 0 unspecified atom stereocenters. The molecule has 1 fully saturated rings. The predicted octanol–water partition coefficient (Wildman–Crippen LogP) is -1.46. The van der Waals surface area contributed by atoms with E-state index in [0.29, 0.717) is 0 Å². The lowest BCUT2D eigenvalue weighted by Crippen LogP contribution is -2.42. The van der Waals surface area contributed by atoms with Gasteiger partial charge in [-0.25, -0.2) is 4.79 Å². The number of ether oxygens (including phenoxy) is 4. The standard InChI is InChI=1S/C14H18N4O8/c1-6(19)23-5-9-11(24-7(2)20)12(25-8(3)21)13(26-9)18-14(22)17-10(15)4-16-18/h4,9,11-13H,5H2,1-3H3,(H2,15,17,22)/t9-,11-,12-,13-/m1/s1. The van der Waals surface area contributed by atoms with E-state index in [1.54, 1.807) is 0 Å². The molecule has 0 amide bonds. The second-order valence-electron chi connectivity index (χ2n) is 5.42. The van der Waals surface area contributed by atoms with Crippen LogP contribution in [0.2, 0.25) is 0 Å². The van der Waals surface area contributed by atoms with E-state index in [1.165, 1.54) is 6.92 Å². The molecule has 1 aromatic rings. The average molecular weight is 370 g/mol. The maximum Gasteiger partial charge on any atom is 0.368 e. The zero-order valence-electron chi connectivity index (χ0n) is 14.3. The molecule has 2 N–H and O–H groups in total. The van der Waals surface area contributed by atoms with E-state index < -0.39 is 48.1 Å². The van der Waals surface area contributed by atoms with E-state index >= 15 is 0 Å². The number of esters is 3. The molecule has 4 atom stereocenters. The lowest BCUT2D eigenvalue weighted by atomic mass is 10.1. The van der Waals surface area contributed by atoms with Gasteiger partial charge in [-0.2, -0.15) is 14.8 Å². The van der Waals surface area contributed by atoms with E-state index in [1.807, 2.05) is 0 Å². The number of rotatable bonds is 5. The van der Waals surface area contributed by atoms with Gasteiger partial charge in [0.1, 0.15) is 18.5 Å². The summed E-state index contributed by atoms with van der Waals surface area (Å²) in [4.78, 5) is 49.6. The Bertz CT molecular complexity index is 764. The SMILES string of the molecule is CC(=O)OC[C@H]1O[C@@H](n2ncc(N)nc2=O)[C@H](OC(C)=O)[C@@H]1OC(C)=O. The number of carbonyl (C=O) groups is 3. The molecule has 26 heavy (non-hydrogen) atoms. The fourth-order valence-corrected chi connectivity index (χ4v) is 2.43. The van der Waals surface area contributed by atoms with Gasteiger partial charge in [-0.1, -0.05) is 0 Å². The van der Waals surface area contributed by atoms with E-state index in [0.717, 1.165) is 24.7 Å². The number of carbonyl (C=O) groups excluding carboxylic acids is 3. The van der Waals surface area contributed by atoms with Gasteiger partial charge in [0.05, 0.1) is 6.20 Å². The molecule has 0 radical (unpaired) electrons. The summed E-state index contributed by atoms with van der Waals surface area (Å²) in [5.41, 5.74) is 4.54. The number of hydrogen-bond acceptors (Lipinski definition) is 11. The van der Waals surface area contributed by atoms with Crippen LogP contribution in [0.15, 0.2) is 11.0 Å². The van der Waals surface area contributed by atoms with Gasteiger partial charge in [-0.3, -0.25) is 14.4 Å². The summed E-state index contributed by atoms with van der Waals surface area (Å²) in [6, 6.07) is 0. The average Bonchev–Trinajstić information content (AvgIpc) is 2.82. The molecule has 1 aliphatic heterocycles. The second-order valence-corrected chi connectivity index (χ2v) is 5.42. The topological polar surface area (TPSA) is 162 Å². The van der Waals surface area contributed by atoms with Crippen LogP contribution in [0.3, 0.4) is 0 Å². The Morgan fingerprint density at radius 2 is 1.77 bits per heavy atom. The molecule has 0 spiro atoms. The van der Waals surface area contributed by atoms with E-state index in [2.05, 4.69) is 10.1 Å². The number of nitrogens with zero attached hydrogens (tertiary/aromatic N) is 3. The van der Waals surface area contributed by atoms with Crippen LogP contribution in [0, 0.1) is 0 Å². The molecule has 0 aliphatic carbocycles. The van der Waals surface area contributed by atoms with Crippen LogP contribution in [0.4, 0.5) is 5.82 Å². The Balaban J connectivity index is 2.40. The van der Waals surface area contributed by atoms with E-state index in [-0.39, 0.29) is 12.4 Å². The van der Waals surface area contributed by atoms with Crippen LogP contribution in [-0.2, 0) is 33.3 Å². The number of nitrogens with two attached hydrogens (primary N) is 1. The molecule has 1 saturated heterocycles. The first-order valence-electron chi connectivity index (χ1n) is 7.53. The predicted molar refractivity (Wildman–Crippen MR) is 82.4 cm³/mol. The normalized spacial score (nSPS) is 24.7. The highest BCUT2D eigenvalue weighted by atomic mass is 16.7. The van der Waals surface area contributed by atoms with Crippen molar-refractivity contribution in [3.05, 3.63) is 16.7 Å². The molecule has 142 valence electrons. The second kappa shape index (κ2) is 7.91. The molecule has 1 aliphatic rings. The van der Waals surface area contributed by atoms with E-state index in [4.69, 9.17) is 24.7 Å². The van der Waals surface area contributed by atoms with Crippen molar-refractivity contribution < 1.29 is 33.3 Å². The number of hydrogen-bond donors (Lipinski definition) is 1. The van der Waals surface area contributed by atoms with Crippen molar-refractivity contribution in [3.63, 3.8) is 0 Å². The first kappa shape index (κ1) is 19.3. The van der Waals surface area contributed by atoms with Crippen LogP contribution in [0.25, 0.3) is 0 Å². The van der Waals surface area contributed by atoms with Gasteiger partial charge in [0.25, 0.3) is 0 Å². The molecule has 2 rings (SSSR count). The summed E-state index contributed by atoms with van der Waals surface area (Å²) in [6.07, 6.45) is -3.50. The fraction of sp³-hybridized carbons (Fsp3) is 0.571. The minimum absolute atomic E-state index is 0.110. The molecule has 1 aromatic heterocycles. The van der Waals surface area contributed by atoms with Crippen LogP contribution in [0.5, 0.6) is 0 Å². The Labute approximate surface area is 147 Å². The van der Waals surface area contributed by atoms with Gasteiger partial charge in [-0.05, 0) is 0 Å². The van der Waals surface area contributed by atoms with Crippen molar-refractivity contribution in [2.24, 2.45) is 0 Å². The van der Waals surface area contributed by atoms with Crippen LogP contribution in [0.1, 0.15) is 27.0 Å². The van der Waals surface area contributed by atoms with Gasteiger partial charge in [0, 0.05) is 20.8 Å². The molecule has 12 heteroatoms. The first-order chi connectivity index (χ1) is 12.2. The first-order valence-corrected chi connectivity index (χ1v) is 7.53. The zero-order chi connectivity index (χ0) is 19.4. The van der Waals surface area contributed by atoms with Gasteiger partial charge >= 0.3 is 23.6 Å². The molecular weight excluding hydrogens is 352 g/mol. The maximum atomic E-state index is 12.1. The third-order valence-corrected chi connectivity index (χ3v) is 3.32. The number of anilines is 1. The Morgan fingerprint density at radius 3 is 2.31 bits per heavy atom. The van der Waals surface area contributed by atoms with Gasteiger partial charge in [0.2, 0.25) is 0 Å². The van der Waals surface area contributed by atoms with E-state index in [9.17, 15) is 19.2 Å². The lowest BCUT2D eigenvalue weighted by Gasteiger charge is -2.23. The fourth-order valence-electron chi connectivity index (χ4n) is 2.43. The van der Waals surface area contributed by atoms with Crippen molar-refractivity contribution in [2.45, 2.75) is 45.3 Å². The maximum absolute atomic E-state index is 12.1. The van der Waals surface area contributed by atoms with Gasteiger partial charge < -0.3 is 24.7 Å². The third kappa shape index (κ3) is 4.53. The highest BCUT2D eigenvalue weighted by Gasteiger charge is 2.51. The Morgan fingerprint density at radius 1 is 1.15 bits per heavy atom. The molecule has 0 bridgehead atoms. The monoisotopic (exact) mass is 370 g/mol. The number of nitrogen functional groups attached to an aromatic ring is 1. The summed E-state index contributed by atoms with van der Waals surface area (Å²) in [6.45, 7) is 3.18. The van der Waals surface area contributed by atoms with Gasteiger partial charge in [0.15, 0.2) is 18.4 Å². The molecular formula is C14H18N4O8. The summed E-state index contributed by atoms with van der Waals surface area (Å²) in [7, 11) is 0. The number of aromatic nitrogens is 3. The van der Waals surface area contributed by atoms with Crippen molar-refractivity contribution in [1.29, 1.82) is 0 Å². The smallest absolute Gasteiger partial charge is 0.368 e. The highest BCUT2D eigenvalue weighted by Crippen LogP contribution is 2.33. The largest absolute Gasteiger partial charge is 0.463 e. The summed E-state index contributed by atoms with van der Waals surface area (Å²) in [5.74, 6) is -2.08. The van der Waals surface area contributed by atoms with Crippen LogP contribution < -0.4 is 11.4 Å². The van der Waals surface area contributed by atoms with Crippen molar-refractivity contribution in [2.75, 3.05) is 12.3 Å². The molecule has 0 saturated carbocycles. The Kier molecular flexibility index (Phi) is 5.87. The van der Waals surface area contributed by atoms with Gasteiger partial charge in [-0.15, -0.1) is 0 Å². The zero-order valence-corrected chi connectivity index (χ0v) is 14.3. The minimum Gasteiger partial charge on any atom is -0.463 e.